The number of benzene rings is 1. The number of hydrogen-bond acceptors (Lipinski definition) is 1. The standard InChI is InChI=1S/C11H13FO/c1-2-3-6-9-13-11-8-5-4-7-10(11)12/h2-5,7-8H,6,9H2,1H3. The first-order chi connectivity index (χ1) is 6.34. The first-order valence-corrected chi connectivity index (χ1v) is 4.33. The Morgan fingerprint density at radius 2 is 2.15 bits per heavy atom. The van der Waals surface area contributed by atoms with Gasteiger partial charge in [-0.1, -0.05) is 24.3 Å². The van der Waals surface area contributed by atoms with Gasteiger partial charge in [0, 0.05) is 0 Å². The lowest BCUT2D eigenvalue weighted by atomic mass is 10.3. The van der Waals surface area contributed by atoms with Gasteiger partial charge in [0.05, 0.1) is 6.61 Å². The molecule has 0 amide bonds. The minimum atomic E-state index is -0.303. The molecule has 0 radical (unpaired) electrons. The molecule has 0 heterocycles. The van der Waals surface area contributed by atoms with Crippen LogP contribution in [-0.2, 0) is 0 Å². The summed E-state index contributed by atoms with van der Waals surface area (Å²) in [5, 5.41) is 0. The van der Waals surface area contributed by atoms with Crippen molar-refractivity contribution in [2.24, 2.45) is 0 Å². The Morgan fingerprint density at radius 3 is 2.85 bits per heavy atom. The Morgan fingerprint density at radius 1 is 1.38 bits per heavy atom. The average Bonchev–Trinajstić information content (AvgIpc) is 2.15. The molecule has 0 aromatic heterocycles. The predicted molar refractivity (Wildman–Crippen MR) is 51.3 cm³/mol. The van der Waals surface area contributed by atoms with Gasteiger partial charge in [0.2, 0.25) is 0 Å². The van der Waals surface area contributed by atoms with E-state index in [2.05, 4.69) is 0 Å². The Bertz CT molecular complexity index is 281. The summed E-state index contributed by atoms with van der Waals surface area (Å²) >= 11 is 0. The van der Waals surface area contributed by atoms with Crippen LogP contribution in [-0.4, -0.2) is 6.61 Å². The molecule has 0 unspecified atom stereocenters. The molecule has 0 aliphatic carbocycles. The summed E-state index contributed by atoms with van der Waals surface area (Å²) in [6, 6.07) is 6.43. The molecule has 0 bridgehead atoms. The van der Waals surface area contributed by atoms with Crippen molar-refractivity contribution in [1.82, 2.24) is 0 Å². The van der Waals surface area contributed by atoms with Crippen LogP contribution in [0.5, 0.6) is 5.75 Å². The summed E-state index contributed by atoms with van der Waals surface area (Å²) in [5.74, 6) is 0.0231. The van der Waals surface area contributed by atoms with Gasteiger partial charge in [0.25, 0.3) is 0 Å². The molecule has 0 aliphatic rings. The highest BCUT2D eigenvalue weighted by atomic mass is 19.1. The summed E-state index contributed by atoms with van der Waals surface area (Å²) < 4.78 is 18.2. The molecule has 0 atom stereocenters. The van der Waals surface area contributed by atoms with E-state index < -0.39 is 0 Å². The molecule has 0 spiro atoms. The summed E-state index contributed by atoms with van der Waals surface area (Å²) in [5.41, 5.74) is 0. The zero-order valence-corrected chi connectivity index (χ0v) is 7.66. The van der Waals surface area contributed by atoms with E-state index in [0.717, 1.165) is 6.42 Å². The fourth-order valence-corrected chi connectivity index (χ4v) is 0.965. The van der Waals surface area contributed by atoms with Crippen LogP contribution in [0.3, 0.4) is 0 Å². The van der Waals surface area contributed by atoms with Crippen molar-refractivity contribution in [2.45, 2.75) is 13.3 Å². The van der Waals surface area contributed by atoms with Crippen LogP contribution in [0.2, 0.25) is 0 Å². The average molecular weight is 180 g/mol. The SMILES string of the molecule is CC=CCCOc1ccccc1F. The number of para-hydroxylation sites is 1. The van der Waals surface area contributed by atoms with Crippen LogP contribution in [0.1, 0.15) is 13.3 Å². The molecule has 0 fully saturated rings. The highest BCUT2D eigenvalue weighted by Crippen LogP contribution is 2.15. The Kier molecular flexibility index (Phi) is 4.03. The number of allylic oxidation sites excluding steroid dienone is 1. The monoisotopic (exact) mass is 180 g/mol. The third-order valence-electron chi connectivity index (χ3n) is 1.61. The first kappa shape index (κ1) is 9.78. The second-order valence-electron chi connectivity index (χ2n) is 2.64. The van der Waals surface area contributed by atoms with Crippen molar-refractivity contribution in [3.63, 3.8) is 0 Å². The van der Waals surface area contributed by atoms with E-state index >= 15 is 0 Å². The third kappa shape index (κ3) is 3.28. The number of rotatable bonds is 4. The fourth-order valence-electron chi connectivity index (χ4n) is 0.965. The van der Waals surface area contributed by atoms with Gasteiger partial charge in [-0.15, -0.1) is 0 Å². The largest absolute Gasteiger partial charge is 0.490 e. The Hall–Kier alpha value is -1.31. The summed E-state index contributed by atoms with van der Waals surface area (Å²) in [6.45, 7) is 2.47. The molecular formula is C11H13FO. The van der Waals surface area contributed by atoms with Gasteiger partial charge in [0.15, 0.2) is 11.6 Å². The molecule has 1 aromatic rings. The Labute approximate surface area is 77.8 Å². The minimum absolute atomic E-state index is 0.303. The zero-order chi connectivity index (χ0) is 9.52. The van der Waals surface area contributed by atoms with Crippen LogP contribution in [0, 0.1) is 5.82 Å². The predicted octanol–water partition coefficient (Wildman–Crippen LogP) is 3.17. The molecule has 0 saturated carbocycles. The van der Waals surface area contributed by atoms with Crippen LogP contribution >= 0.6 is 0 Å². The highest BCUT2D eigenvalue weighted by molar-refractivity contribution is 5.23. The zero-order valence-electron chi connectivity index (χ0n) is 7.66. The van der Waals surface area contributed by atoms with Crippen molar-refractivity contribution in [3.05, 3.63) is 42.2 Å². The topological polar surface area (TPSA) is 9.23 Å². The smallest absolute Gasteiger partial charge is 0.165 e. The molecule has 1 rings (SSSR count). The van der Waals surface area contributed by atoms with Gasteiger partial charge in [-0.3, -0.25) is 0 Å². The molecule has 0 aliphatic heterocycles. The minimum Gasteiger partial charge on any atom is -0.490 e. The second kappa shape index (κ2) is 5.36. The van der Waals surface area contributed by atoms with E-state index in [1.165, 1.54) is 6.07 Å². The lowest BCUT2D eigenvalue weighted by Crippen LogP contribution is -1.97. The maximum atomic E-state index is 13.0. The van der Waals surface area contributed by atoms with Gasteiger partial charge < -0.3 is 4.74 Å². The third-order valence-corrected chi connectivity index (χ3v) is 1.61. The van der Waals surface area contributed by atoms with E-state index in [1.807, 2.05) is 19.1 Å². The number of halogens is 1. The first-order valence-electron chi connectivity index (χ1n) is 4.33. The molecule has 1 nitrogen and oxygen atoms in total. The van der Waals surface area contributed by atoms with Crippen molar-refractivity contribution >= 4 is 0 Å². The van der Waals surface area contributed by atoms with Crippen molar-refractivity contribution in [2.75, 3.05) is 6.61 Å². The Balaban J connectivity index is 2.41. The van der Waals surface area contributed by atoms with Gasteiger partial charge in [-0.2, -0.15) is 0 Å². The lowest BCUT2D eigenvalue weighted by molar-refractivity contribution is 0.308. The molecular weight excluding hydrogens is 167 g/mol. The van der Waals surface area contributed by atoms with E-state index in [1.54, 1.807) is 18.2 Å². The van der Waals surface area contributed by atoms with E-state index in [0.29, 0.717) is 12.4 Å². The van der Waals surface area contributed by atoms with E-state index in [9.17, 15) is 4.39 Å². The fraction of sp³-hybridized carbons (Fsp3) is 0.273. The molecule has 1 aromatic carbocycles. The number of ether oxygens (including phenoxy) is 1. The van der Waals surface area contributed by atoms with Crippen molar-refractivity contribution in [3.8, 4) is 5.75 Å². The van der Waals surface area contributed by atoms with Gasteiger partial charge in [-0.25, -0.2) is 4.39 Å². The summed E-state index contributed by atoms with van der Waals surface area (Å²) in [4.78, 5) is 0. The maximum Gasteiger partial charge on any atom is 0.165 e. The summed E-state index contributed by atoms with van der Waals surface area (Å²) in [6.07, 6.45) is 4.75. The molecule has 13 heavy (non-hydrogen) atoms. The molecule has 0 N–H and O–H groups in total. The molecule has 2 heteroatoms. The van der Waals surface area contributed by atoms with E-state index in [-0.39, 0.29) is 5.82 Å². The molecule has 70 valence electrons. The lowest BCUT2D eigenvalue weighted by Gasteiger charge is -2.04. The summed E-state index contributed by atoms with van der Waals surface area (Å²) in [7, 11) is 0. The quantitative estimate of drug-likeness (QED) is 0.510. The van der Waals surface area contributed by atoms with Gasteiger partial charge in [0.1, 0.15) is 0 Å². The van der Waals surface area contributed by atoms with Crippen LogP contribution in [0.25, 0.3) is 0 Å². The van der Waals surface area contributed by atoms with Crippen LogP contribution in [0.15, 0.2) is 36.4 Å². The van der Waals surface area contributed by atoms with Gasteiger partial charge in [-0.05, 0) is 25.5 Å². The maximum absolute atomic E-state index is 13.0. The van der Waals surface area contributed by atoms with Gasteiger partial charge >= 0.3 is 0 Å². The van der Waals surface area contributed by atoms with Crippen LogP contribution < -0.4 is 4.74 Å². The van der Waals surface area contributed by atoms with Crippen LogP contribution in [0.4, 0.5) is 4.39 Å². The number of hydrogen-bond donors (Lipinski definition) is 0. The molecule has 0 saturated heterocycles. The van der Waals surface area contributed by atoms with E-state index in [4.69, 9.17) is 4.74 Å². The van der Waals surface area contributed by atoms with Crippen molar-refractivity contribution in [1.29, 1.82) is 0 Å². The second-order valence-corrected chi connectivity index (χ2v) is 2.64. The highest BCUT2D eigenvalue weighted by Gasteiger charge is 1.98. The van der Waals surface area contributed by atoms with Crippen molar-refractivity contribution < 1.29 is 9.13 Å². The normalized spacial score (nSPS) is 10.6.